The van der Waals surface area contributed by atoms with Gasteiger partial charge in [0, 0.05) is 0 Å². The summed E-state index contributed by atoms with van der Waals surface area (Å²) < 4.78 is 10.9. The van der Waals surface area contributed by atoms with Crippen LogP contribution >= 0.6 is 0 Å². The predicted molar refractivity (Wildman–Crippen MR) is 161 cm³/mol. The van der Waals surface area contributed by atoms with Crippen molar-refractivity contribution in [3.05, 3.63) is 144 Å². The first-order chi connectivity index (χ1) is 20.2. The Bertz CT molecular complexity index is 1360. The van der Waals surface area contributed by atoms with Crippen LogP contribution in [0.5, 0.6) is 0 Å². The van der Waals surface area contributed by atoms with Crippen LogP contribution in [0.25, 0.3) is 0 Å². The van der Waals surface area contributed by atoms with Crippen molar-refractivity contribution >= 4 is 18.0 Å². The summed E-state index contributed by atoms with van der Waals surface area (Å²) in [5.74, 6) is -1.21. The standard InChI is InChI=1S/C35H36N2O5/c1-34(2,3)42-33(40)36-30(32(39)41-25-26-16-8-4-9-17-26)24-31(38)37-35(27-18-10-5-11-19-27,28-20-12-6-13-21-28)29-22-14-7-15-23-29/h4-23,30H,24-25H2,1-3H3,(H,36,40)(H,37,38)/t30-/m1/s1. The van der Waals surface area contributed by atoms with Crippen molar-refractivity contribution in [2.24, 2.45) is 0 Å². The van der Waals surface area contributed by atoms with Crippen LogP contribution in [0.1, 0.15) is 49.4 Å². The minimum atomic E-state index is -1.29. The molecule has 4 aromatic carbocycles. The Morgan fingerprint density at radius 3 is 1.52 bits per heavy atom. The largest absolute Gasteiger partial charge is 0.459 e. The molecule has 0 bridgehead atoms. The van der Waals surface area contributed by atoms with Crippen molar-refractivity contribution in [2.45, 2.75) is 51.0 Å². The van der Waals surface area contributed by atoms with Gasteiger partial charge < -0.3 is 20.1 Å². The molecule has 0 fully saturated rings. The molecule has 0 spiro atoms. The molecule has 216 valence electrons. The molecule has 0 heterocycles. The van der Waals surface area contributed by atoms with E-state index in [0.717, 1.165) is 22.3 Å². The lowest BCUT2D eigenvalue weighted by molar-refractivity contribution is -0.149. The van der Waals surface area contributed by atoms with Crippen molar-refractivity contribution in [3.63, 3.8) is 0 Å². The summed E-state index contributed by atoms with van der Waals surface area (Å²) in [6, 6.07) is 36.8. The topological polar surface area (TPSA) is 93.7 Å². The highest BCUT2D eigenvalue weighted by atomic mass is 16.6. The lowest BCUT2D eigenvalue weighted by Gasteiger charge is -2.37. The van der Waals surface area contributed by atoms with Crippen LogP contribution in [0, 0.1) is 0 Å². The van der Waals surface area contributed by atoms with Crippen molar-refractivity contribution < 1.29 is 23.9 Å². The number of amides is 2. The molecule has 7 nitrogen and oxygen atoms in total. The minimum absolute atomic E-state index is 0.00419. The Hall–Kier alpha value is -4.91. The predicted octanol–water partition coefficient (Wildman–Crippen LogP) is 6.12. The third kappa shape index (κ3) is 7.85. The number of esters is 1. The van der Waals surface area contributed by atoms with E-state index in [0.29, 0.717) is 0 Å². The first-order valence-electron chi connectivity index (χ1n) is 13.8. The maximum atomic E-state index is 13.9. The van der Waals surface area contributed by atoms with Gasteiger partial charge in [-0.15, -0.1) is 0 Å². The maximum absolute atomic E-state index is 13.9. The van der Waals surface area contributed by atoms with Gasteiger partial charge in [-0.2, -0.15) is 0 Å². The second kappa shape index (κ2) is 13.6. The molecule has 42 heavy (non-hydrogen) atoms. The lowest BCUT2D eigenvalue weighted by Crippen LogP contribution is -2.51. The molecule has 1 atom stereocenters. The van der Waals surface area contributed by atoms with Crippen LogP contribution in [0.2, 0.25) is 0 Å². The number of hydrogen-bond donors (Lipinski definition) is 2. The van der Waals surface area contributed by atoms with E-state index in [2.05, 4.69) is 10.6 Å². The summed E-state index contributed by atoms with van der Waals surface area (Å²) in [5.41, 5.74) is 1.40. The van der Waals surface area contributed by atoms with Crippen molar-refractivity contribution in [1.82, 2.24) is 10.6 Å². The number of benzene rings is 4. The Morgan fingerprint density at radius 2 is 1.10 bits per heavy atom. The summed E-state index contributed by atoms with van der Waals surface area (Å²) in [5, 5.41) is 5.77. The first kappa shape index (κ1) is 30.1. The van der Waals surface area contributed by atoms with Crippen molar-refractivity contribution in [1.29, 1.82) is 0 Å². The number of carbonyl (C=O) groups excluding carboxylic acids is 3. The number of carbonyl (C=O) groups is 3. The summed E-state index contributed by atoms with van der Waals surface area (Å²) >= 11 is 0. The molecule has 4 aromatic rings. The van der Waals surface area contributed by atoms with Gasteiger partial charge in [-0.3, -0.25) is 4.79 Å². The molecule has 0 unspecified atom stereocenters. The fourth-order valence-corrected chi connectivity index (χ4v) is 4.70. The zero-order chi connectivity index (χ0) is 30.0. The smallest absolute Gasteiger partial charge is 0.408 e. The molecule has 2 amide bonds. The van der Waals surface area contributed by atoms with E-state index in [9.17, 15) is 14.4 Å². The summed E-state index contributed by atoms with van der Waals surface area (Å²) in [6.07, 6.45) is -1.20. The van der Waals surface area contributed by atoms with Gasteiger partial charge in [0.2, 0.25) is 5.91 Å². The molecular formula is C35H36N2O5. The Labute approximate surface area is 246 Å². The maximum Gasteiger partial charge on any atom is 0.408 e. The fraction of sp³-hybridized carbons (Fsp3) is 0.229. The van der Waals surface area contributed by atoms with Crippen LogP contribution in [0.3, 0.4) is 0 Å². The van der Waals surface area contributed by atoms with Gasteiger partial charge in [-0.05, 0) is 43.0 Å². The minimum Gasteiger partial charge on any atom is -0.459 e. The molecule has 7 heteroatoms. The Kier molecular flexibility index (Phi) is 9.76. The molecular weight excluding hydrogens is 528 g/mol. The quantitative estimate of drug-likeness (QED) is 0.179. The van der Waals surface area contributed by atoms with Gasteiger partial charge in [0.05, 0.1) is 6.42 Å². The molecule has 0 aliphatic rings. The average molecular weight is 565 g/mol. The zero-order valence-electron chi connectivity index (χ0n) is 24.1. The summed E-state index contributed by atoms with van der Waals surface area (Å²) in [4.78, 5) is 39.9. The van der Waals surface area contributed by atoms with Crippen molar-refractivity contribution in [2.75, 3.05) is 0 Å². The summed E-state index contributed by atoms with van der Waals surface area (Å²) in [6.45, 7) is 5.15. The van der Waals surface area contributed by atoms with Gasteiger partial charge in [-0.25, -0.2) is 9.59 Å². The monoisotopic (exact) mass is 564 g/mol. The van der Waals surface area contributed by atoms with E-state index in [1.165, 1.54) is 0 Å². The molecule has 0 aliphatic heterocycles. The number of rotatable bonds is 10. The number of hydrogen-bond acceptors (Lipinski definition) is 5. The Balaban J connectivity index is 1.66. The SMILES string of the molecule is CC(C)(C)OC(=O)N[C@H](CC(=O)NC(c1ccccc1)(c1ccccc1)c1ccccc1)C(=O)OCc1ccccc1. The lowest BCUT2D eigenvalue weighted by atomic mass is 9.77. The van der Waals surface area contributed by atoms with Crippen LogP contribution < -0.4 is 10.6 Å². The third-order valence-corrected chi connectivity index (χ3v) is 6.54. The number of nitrogens with one attached hydrogen (secondary N) is 2. The number of ether oxygens (including phenoxy) is 2. The molecule has 0 aromatic heterocycles. The normalized spacial score (nSPS) is 12.1. The van der Waals surface area contributed by atoms with Crippen LogP contribution in [-0.2, 0) is 31.2 Å². The van der Waals surface area contributed by atoms with E-state index >= 15 is 0 Å². The van der Waals surface area contributed by atoms with E-state index in [1.54, 1.807) is 20.8 Å². The third-order valence-electron chi connectivity index (χ3n) is 6.54. The van der Waals surface area contributed by atoms with E-state index < -0.39 is 35.2 Å². The fourth-order valence-electron chi connectivity index (χ4n) is 4.70. The second-order valence-corrected chi connectivity index (χ2v) is 10.9. The Morgan fingerprint density at radius 1 is 0.667 bits per heavy atom. The summed E-state index contributed by atoms with van der Waals surface area (Å²) in [7, 11) is 0. The van der Waals surface area contributed by atoms with E-state index in [-0.39, 0.29) is 13.0 Å². The highest BCUT2D eigenvalue weighted by Gasteiger charge is 2.39. The van der Waals surface area contributed by atoms with Crippen LogP contribution in [-0.4, -0.2) is 29.6 Å². The average Bonchev–Trinajstić information content (AvgIpc) is 2.99. The van der Waals surface area contributed by atoms with Gasteiger partial charge in [0.25, 0.3) is 0 Å². The van der Waals surface area contributed by atoms with Gasteiger partial charge in [-0.1, -0.05) is 121 Å². The molecule has 0 saturated heterocycles. The highest BCUT2D eigenvalue weighted by molar-refractivity contribution is 5.89. The first-order valence-corrected chi connectivity index (χ1v) is 13.8. The van der Waals surface area contributed by atoms with E-state index in [4.69, 9.17) is 9.47 Å². The molecule has 4 rings (SSSR count). The highest BCUT2D eigenvalue weighted by Crippen LogP contribution is 2.37. The number of alkyl carbamates (subject to hydrolysis) is 1. The molecule has 0 aliphatic carbocycles. The zero-order valence-corrected chi connectivity index (χ0v) is 24.1. The molecule has 0 radical (unpaired) electrons. The van der Waals surface area contributed by atoms with Crippen molar-refractivity contribution in [3.8, 4) is 0 Å². The van der Waals surface area contributed by atoms with E-state index in [1.807, 2.05) is 121 Å². The second-order valence-electron chi connectivity index (χ2n) is 10.9. The van der Waals surface area contributed by atoms with Gasteiger partial charge >= 0.3 is 12.1 Å². The van der Waals surface area contributed by atoms with Crippen LogP contribution in [0.4, 0.5) is 4.79 Å². The molecule has 2 N–H and O–H groups in total. The van der Waals surface area contributed by atoms with Crippen LogP contribution in [0.15, 0.2) is 121 Å². The van der Waals surface area contributed by atoms with Gasteiger partial charge in [0.15, 0.2) is 0 Å². The molecule has 0 saturated carbocycles. The van der Waals surface area contributed by atoms with Gasteiger partial charge in [0.1, 0.15) is 23.8 Å².